The molecule has 4 nitrogen and oxygen atoms in total. The molecular formula is C8H8BrIN2O2. The van der Waals surface area contributed by atoms with Crippen LogP contribution in [0.15, 0.2) is 10.5 Å². The van der Waals surface area contributed by atoms with Crippen molar-refractivity contribution in [2.24, 2.45) is 0 Å². The van der Waals surface area contributed by atoms with E-state index in [0.717, 1.165) is 0 Å². The van der Waals surface area contributed by atoms with E-state index in [9.17, 15) is 4.79 Å². The summed E-state index contributed by atoms with van der Waals surface area (Å²) in [5.74, 6) is -0.480. The van der Waals surface area contributed by atoms with Crippen LogP contribution in [0.4, 0.5) is 11.4 Å². The lowest BCUT2D eigenvalue weighted by Crippen LogP contribution is -2.10. The van der Waals surface area contributed by atoms with Crippen molar-refractivity contribution in [2.75, 3.05) is 18.6 Å². The molecule has 6 heteroatoms. The van der Waals surface area contributed by atoms with E-state index < -0.39 is 5.97 Å². The molecule has 0 saturated carbocycles. The molecule has 0 aliphatic heterocycles. The summed E-state index contributed by atoms with van der Waals surface area (Å²) in [7, 11) is 1.30. The molecular weight excluding hydrogens is 363 g/mol. The maximum atomic E-state index is 11.3. The number of carbonyl (C=O) groups excluding carboxylic acids is 1. The number of rotatable bonds is 1. The Labute approximate surface area is 103 Å². The Morgan fingerprint density at radius 3 is 2.57 bits per heavy atom. The van der Waals surface area contributed by atoms with Crippen molar-refractivity contribution >= 4 is 55.9 Å². The highest BCUT2D eigenvalue weighted by Crippen LogP contribution is 2.32. The quantitative estimate of drug-likeness (QED) is 0.450. The van der Waals surface area contributed by atoms with Gasteiger partial charge in [-0.15, -0.1) is 0 Å². The summed E-state index contributed by atoms with van der Waals surface area (Å²) in [6.45, 7) is 0. The molecule has 0 radical (unpaired) electrons. The van der Waals surface area contributed by atoms with Gasteiger partial charge in [-0.05, 0) is 44.6 Å². The highest BCUT2D eigenvalue weighted by atomic mass is 127. The van der Waals surface area contributed by atoms with Crippen LogP contribution in [0.3, 0.4) is 0 Å². The number of ether oxygens (including phenoxy) is 1. The van der Waals surface area contributed by atoms with Crippen LogP contribution >= 0.6 is 38.5 Å². The van der Waals surface area contributed by atoms with Crippen molar-refractivity contribution in [2.45, 2.75) is 0 Å². The fraction of sp³-hybridized carbons (Fsp3) is 0.125. The largest absolute Gasteiger partial charge is 0.465 e. The number of methoxy groups -OCH3 is 1. The highest BCUT2D eigenvalue weighted by Gasteiger charge is 2.18. The van der Waals surface area contributed by atoms with Crippen LogP contribution in [0, 0.1) is 3.57 Å². The minimum absolute atomic E-state index is 0.246. The summed E-state index contributed by atoms with van der Waals surface area (Å²) in [4.78, 5) is 11.3. The van der Waals surface area contributed by atoms with Gasteiger partial charge in [0.05, 0.1) is 24.0 Å². The predicted octanol–water partition coefficient (Wildman–Crippen LogP) is 2.00. The van der Waals surface area contributed by atoms with Crippen molar-refractivity contribution < 1.29 is 9.53 Å². The Balaban J connectivity index is 3.44. The number of hydrogen-bond acceptors (Lipinski definition) is 4. The molecule has 0 amide bonds. The molecule has 1 aromatic rings. The minimum atomic E-state index is -0.480. The third-order valence-corrected chi connectivity index (χ3v) is 3.21. The molecule has 0 saturated heterocycles. The Bertz CT molecular complexity index is 395. The SMILES string of the molecule is COC(=O)c1c(I)cc(Br)c(N)c1N. The van der Waals surface area contributed by atoms with Gasteiger partial charge in [0.25, 0.3) is 0 Å². The van der Waals surface area contributed by atoms with Crippen LogP contribution < -0.4 is 11.5 Å². The van der Waals surface area contributed by atoms with Crippen LogP contribution in [-0.4, -0.2) is 13.1 Å². The van der Waals surface area contributed by atoms with Gasteiger partial charge in [-0.2, -0.15) is 0 Å². The van der Waals surface area contributed by atoms with Crippen molar-refractivity contribution in [3.8, 4) is 0 Å². The molecule has 0 bridgehead atoms. The molecule has 76 valence electrons. The van der Waals surface area contributed by atoms with E-state index in [1.54, 1.807) is 6.07 Å². The Morgan fingerprint density at radius 2 is 2.07 bits per heavy atom. The Kier molecular flexibility index (Phi) is 3.59. The summed E-state index contributed by atoms with van der Waals surface area (Å²) in [6, 6.07) is 1.72. The Morgan fingerprint density at radius 1 is 1.50 bits per heavy atom. The first-order valence-electron chi connectivity index (χ1n) is 3.60. The number of carbonyl (C=O) groups is 1. The number of anilines is 2. The third-order valence-electron chi connectivity index (χ3n) is 1.70. The van der Waals surface area contributed by atoms with E-state index in [4.69, 9.17) is 11.5 Å². The zero-order valence-corrected chi connectivity index (χ0v) is 11.0. The van der Waals surface area contributed by atoms with Crippen LogP contribution in [0.5, 0.6) is 0 Å². The molecule has 0 aliphatic rings. The van der Waals surface area contributed by atoms with Crippen molar-refractivity contribution in [3.63, 3.8) is 0 Å². The zero-order chi connectivity index (χ0) is 10.9. The third kappa shape index (κ3) is 1.95. The van der Waals surface area contributed by atoms with Gasteiger partial charge < -0.3 is 16.2 Å². The van der Waals surface area contributed by atoms with Crippen LogP contribution in [0.1, 0.15) is 10.4 Å². The number of nitrogens with two attached hydrogens (primary N) is 2. The van der Waals surface area contributed by atoms with Crippen molar-refractivity contribution in [1.82, 2.24) is 0 Å². The van der Waals surface area contributed by atoms with Crippen LogP contribution in [-0.2, 0) is 4.74 Å². The minimum Gasteiger partial charge on any atom is -0.465 e. The standard InChI is InChI=1S/C8H8BrIN2O2/c1-14-8(13)5-4(10)2-3(9)6(11)7(5)12/h2H,11-12H2,1H3. The average Bonchev–Trinajstić information content (AvgIpc) is 2.14. The van der Waals surface area contributed by atoms with Gasteiger partial charge in [0.2, 0.25) is 0 Å². The lowest BCUT2D eigenvalue weighted by Gasteiger charge is -2.10. The number of halogens is 2. The molecule has 0 unspecified atom stereocenters. The second-order valence-corrected chi connectivity index (χ2v) is 4.55. The summed E-state index contributed by atoms with van der Waals surface area (Å²) in [5, 5.41) is 0. The van der Waals surface area contributed by atoms with Gasteiger partial charge in [-0.3, -0.25) is 0 Å². The maximum absolute atomic E-state index is 11.3. The number of nitrogen functional groups attached to an aromatic ring is 2. The first-order valence-corrected chi connectivity index (χ1v) is 5.47. The fourth-order valence-corrected chi connectivity index (χ4v) is 2.66. The summed E-state index contributed by atoms with van der Waals surface area (Å²) >= 11 is 5.24. The summed E-state index contributed by atoms with van der Waals surface area (Å²) in [5.41, 5.74) is 12.3. The fourth-order valence-electron chi connectivity index (χ4n) is 0.963. The van der Waals surface area contributed by atoms with Gasteiger partial charge in [0.1, 0.15) is 0 Å². The number of hydrogen-bond donors (Lipinski definition) is 2. The van der Waals surface area contributed by atoms with Crippen molar-refractivity contribution in [3.05, 3.63) is 19.7 Å². The van der Waals surface area contributed by atoms with E-state index in [1.165, 1.54) is 7.11 Å². The van der Waals surface area contributed by atoms with Gasteiger partial charge in [0, 0.05) is 8.04 Å². The van der Waals surface area contributed by atoms with Crippen LogP contribution in [0.25, 0.3) is 0 Å². The predicted molar refractivity (Wildman–Crippen MR) is 67.0 cm³/mol. The maximum Gasteiger partial charge on any atom is 0.341 e. The topological polar surface area (TPSA) is 78.3 Å². The number of esters is 1. The molecule has 0 aliphatic carbocycles. The molecule has 0 atom stereocenters. The summed E-state index contributed by atoms with van der Waals surface area (Å²) in [6.07, 6.45) is 0. The number of benzene rings is 1. The van der Waals surface area contributed by atoms with Gasteiger partial charge in [-0.25, -0.2) is 4.79 Å². The van der Waals surface area contributed by atoms with E-state index in [0.29, 0.717) is 19.3 Å². The van der Waals surface area contributed by atoms with E-state index in [2.05, 4.69) is 20.7 Å². The Hall–Kier alpha value is -0.500. The molecule has 0 fully saturated rings. The average molecular weight is 371 g/mol. The molecule has 14 heavy (non-hydrogen) atoms. The normalized spacial score (nSPS) is 9.93. The molecule has 0 aromatic heterocycles. The molecule has 1 rings (SSSR count). The molecule has 1 aromatic carbocycles. The summed E-state index contributed by atoms with van der Waals surface area (Å²) < 4.78 is 5.97. The first kappa shape index (κ1) is 11.6. The van der Waals surface area contributed by atoms with Gasteiger partial charge in [0.15, 0.2) is 0 Å². The second-order valence-electron chi connectivity index (χ2n) is 2.53. The van der Waals surface area contributed by atoms with Gasteiger partial charge >= 0.3 is 5.97 Å². The smallest absolute Gasteiger partial charge is 0.341 e. The zero-order valence-electron chi connectivity index (χ0n) is 7.30. The van der Waals surface area contributed by atoms with Gasteiger partial charge in [-0.1, -0.05) is 0 Å². The first-order chi connectivity index (χ1) is 6.49. The van der Waals surface area contributed by atoms with E-state index in [1.807, 2.05) is 22.6 Å². The lowest BCUT2D eigenvalue weighted by atomic mass is 10.1. The molecule has 0 spiro atoms. The second kappa shape index (κ2) is 4.35. The van der Waals surface area contributed by atoms with Crippen molar-refractivity contribution in [1.29, 1.82) is 0 Å². The molecule has 4 N–H and O–H groups in total. The molecule has 0 heterocycles. The van der Waals surface area contributed by atoms with E-state index in [-0.39, 0.29) is 5.69 Å². The monoisotopic (exact) mass is 370 g/mol. The van der Waals surface area contributed by atoms with Crippen LogP contribution in [0.2, 0.25) is 0 Å². The lowest BCUT2D eigenvalue weighted by molar-refractivity contribution is 0.0601. The van der Waals surface area contributed by atoms with E-state index >= 15 is 0 Å². The highest BCUT2D eigenvalue weighted by molar-refractivity contribution is 14.1.